The van der Waals surface area contributed by atoms with Crippen molar-refractivity contribution < 1.29 is 41.0 Å². The molecule has 6 rings (SSSR count). The molecule has 4 aromatic rings. The predicted octanol–water partition coefficient (Wildman–Crippen LogP) is 9.66. The highest BCUT2D eigenvalue weighted by molar-refractivity contribution is 7.99. The average Bonchev–Trinajstić information content (AvgIpc) is 3.17. The van der Waals surface area contributed by atoms with E-state index in [4.69, 9.17) is 9.84 Å². The zero-order chi connectivity index (χ0) is 39.4. The number of carbonyl (C=O) groups excluding carboxylic acids is 1. The lowest BCUT2D eigenvalue weighted by molar-refractivity contribution is -0.138. The van der Waals surface area contributed by atoms with Crippen LogP contribution in [0.5, 0.6) is 0 Å². The summed E-state index contributed by atoms with van der Waals surface area (Å²) in [5, 5.41) is 12.2. The molecule has 17 heteroatoms. The topological polar surface area (TPSA) is 68.3 Å². The first-order valence-electron chi connectivity index (χ1n) is 18.2. The minimum atomic E-state index is -4.35. The van der Waals surface area contributed by atoms with Gasteiger partial charge in [-0.2, -0.15) is 26.3 Å². The maximum absolute atomic E-state index is 13.3. The van der Waals surface area contributed by atoms with Crippen molar-refractivity contribution in [3.05, 3.63) is 119 Å². The Kier molecular flexibility index (Phi) is 21.2. The van der Waals surface area contributed by atoms with Gasteiger partial charge in [-0.05, 0) is 80.4 Å². The number of aliphatic hydroxyl groups is 1. The van der Waals surface area contributed by atoms with E-state index in [9.17, 15) is 31.1 Å². The van der Waals surface area contributed by atoms with Crippen molar-refractivity contribution in [1.29, 1.82) is 0 Å². The Balaban J connectivity index is 0.000000387. The van der Waals surface area contributed by atoms with Crippen LogP contribution in [0.1, 0.15) is 40.4 Å². The Bertz CT molecular complexity index is 1840. The molecular weight excluding hydrogens is 849 g/mol. The fraction of sp³-hybridized carbons (Fsp3) is 0.390. The van der Waals surface area contributed by atoms with E-state index in [2.05, 4.69) is 15.1 Å². The van der Waals surface area contributed by atoms with Crippen molar-refractivity contribution in [3.8, 4) is 0 Å². The Morgan fingerprint density at radius 2 is 1.34 bits per heavy atom. The fourth-order valence-electron chi connectivity index (χ4n) is 6.48. The van der Waals surface area contributed by atoms with Crippen molar-refractivity contribution >= 4 is 66.3 Å². The minimum Gasteiger partial charge on any atom is -0.461 e. The summed E-state index contributed by atoms with van der Waals surface area (Å²) in [6, 6.07) is 25.9. The second kappa shape index (κ2) is 24.1. The van der Waals surface area contributed by atoms with E-state index in [-0.39, 0.29) is 56.5 Å². The molecule has 0 radical (unpaired) electrons. The largest absolute Gasteiger partial charge is 0.461 e. The van der Waals surface area contributed by atoms with Crippen molar-refractivity contribution in [3.63, 3.8) is 0 Å². The van der Waals surface area contributed by atoms with E-state index in [0.717, 1.165) is 66.8 Å². The molecule has 1 saturated heterocycles. The predicted molar refractivity (Wildman–Crippen MR) is 225 cm³/mol. The summed E-state index contributed by atoms with van der Waals surface area (Å²) in [4.78, 5) is 20.4. The zero-order valence-electron chi connectivity index (χ0n) is 31.8. The number of benzene rings is 4. The molecule has 58 heavy (non-hydrogen) atoms. The van der Waals surface area contributed by atoms with Gasteiger partial charge in [0.25, 0.3) is 0 Å². The van der Waals surface area contributed by atoms with E-state index in [0.29, 0.717) is 42.9 Å². The van der Waals surface area contributed by atoms with Crippen LogP contribution < -0.4 is 10.2 Å². The monoisotopic (exact) mass is 896 g/mol. The molecule has 0 aliphatic carbocycles. The van der Waals surface area contributed by atoms with Crippen LogP contribution in [0.25, 0.3) is 0 Å². The standard InChI is InChI=1S/C22H26F3N3OS.C19H20F3NO2.3ClH/c23-22(24,25)17-6-7-21-19(16-17)28(18-4-1-2-5-20(18)30-21)9-3-8-26-10-12-27(13-11-26)14-15-29;1-14(12-15-6-5-9-17(13-15)19(20,21)22)23-10-11-25-18(24)16-7-3-2-4-8-16;;;/h1-2,4-7,16,29H,3,8-15H2;2-9,13-14,23H,10-12H2,1H3;3*1H. The number of fused-ring (bicyclic) bond motifs is 2. The first kappa shape index (κ1) is 50.9. The molecule has 1 atom stereocenters. The van der Waals surface area contributed by atoms with Gasteiger partial charge in [-0.15, -0.1) is 37.2 Å². The zero-order valence-corrected chi connectivity index (χ0v) is 35.1. The molecule has 2 N–H and O–H groups in total. The number of esters is 1. The lowest BCUT2D eigenvalue weighted by Gasteiger charge is -2.36. The molecule has 2 heterocycles. The first-order valence-corrected chi connectivity index (χ1v) is 19.1. The molecule has 1 unspecified atom stereocenters. The number of hydrogen-bond acceptors (Lipinski definition) is 8. The number of para-hydroxylation sites is 1. The lowest BCUT2D eigenvalue weighted by Crippen LogP contribution is -2.47. The molecule has 0 bridgehead atoms. The Labute approximate surface area is 358 Å². The summed E-state index contributed by atoms with van der Waals surface area (Å²) >= 11 is 1.53. The van der Waals surface area contributed by atoms with Gasteiger partial charge in [-0.25, -0.2) is 4.79 Å². The highest BCUT2D eigenvalue weighted by Gasteiger charge is 2.33. The van der Waals surface area contributed by atoms with Crippen LogP contribution in [0, 0.1) is 0 Å². The van der Waals surface area contributed by atoms with Crippen LogP contribution in [0.3, 0.4) is 0 Å². The number of ether oxygens (including phenoxy) is 1. The normalized spacial score (nSPS) is 14.6. The summed E-state index contributed by atoms with van der Waals surface area (Å²) in [5.41, 5.74) is 1.46. The molecular formula is C41H49Cl3F6N4O3S. The number of aliphatic hydroxyl groups excluding tert-OH is 1. The number of hydrogen-bond donors (Lipinski definition) is 2. The molecule has 2 aliphatic rings. The molecule has 7 nitrogen and oxygen atoms in total. The molecule has 2 aliphatic heterocycles. The Hall–Kier alpha value is -3.21. The van der Waals surface area contributed by atoms with Crippen molar-refractivity contribution in [2.75, 3.05) is 70.5 Å². The van der Waals surface area contributed by atoms with Crippen LogP contribution in [0.15, 0.2) is 107 Å². The smallest absolute Gasteiger partial charge is 0.416 e. The third-order valence-electron chi connectivity index (χ3n) is 9.32. The Morgan fingerprint density at radius 1 is 0.741 bits per heavy atom. The molecule has 0 saturated carbocycles. The van der Waals surface area contributed by atoms with Crippen LogP contribution in [-0.2, 0) is 23.5 Å². The van der Waals surface area contributed by atoms with Crippen LogP contribution in [-0.4, -0.2) is 92.5 Å². The van der Waals surface area contributed by atoms with Crippen molar-refractivity contribution in [2.24, 2.45) is 0 Å². The maximum atomic E-state index is 13.3. The van der Waals surface area contributed by atoms with Crippen LogP contribution >= 0.6 is 49.0 Å². The fourth-order valence-corrected chi connectivity index (χ4v) is 7.56. The number of nitrogens with zero attached hydrogens (tertiary/aromatic N) is 3. The number of alkyl halides is 6. The molecule has 0 amide bonds. The van der Waals surface area contributed by atoms with Gasteiger partial charge in [0.05, 0.1) is 34.7 Å². The van der Waals surface area contributed by atoms with Crippen LogP contribution in [0.2, 0.25) is 0 Å². The second-order valence-electron chi connectivity index (χ2n) is 13.4. The van der Waals surface area contributed by atoms with E-state index < -0.39 is 29.4 Å². The molecule has 0 spiro atoms. The average molecular weight is 898 g/mol. The van der Waals surface area contributed by atoms with Gasteiger partial charge in [0, 0.05) is 61.6 Å². The van der Waals surface area contributed by atoms with Gasteiger partial charge >= 0.3 is 18.3 Å². The highest BCUT2D eigenvalue weighted by atomic mass is 35.5. The van der Waals surface area contributed by atoms with E-state index in [1.165, 1.54) is 30.0 Å². The maximum Gasteiger partial charge on any atom is 0.416 e. The van der Waals surface area contributed by atoms with Gasteiger partial charge in [0.1, 0.15) is 6.61 Å². The first-order chi connectivity index (χ1) is 26.3. The Morgan fingerprint density at radius 3 is 2.00 bits per heavy atom. The number of halogens is 9. The number of nitrogens with one attached hydrogen (secondary N) is 1. The van der Waals surface area contributed by atoms with Crippen molar-refractivity contribution in [1.82, 2.24) is 15.1 Å². The van der Waals surface area contributed by atoms with Crippen LogP contribution in [0.4, 0.5) is 37.7 Å². The summed E-state index contributed by atoms with van der Waals surface area (Å²) < 4.78 is 83.2. The second-order valence-corrected chi connectivity index (χ2v) is 14.5. The number of β-amino-alcohol motifs (C(OH)–C–C–N with tert-alkyl or cyclic N) is 1. The highest BCUT2D eigenvalue weighted by Crippen LogP contribution is 2.49. The molecule has 1 fully saturated rings. The van der Waals surface area contributed by atoms with E-state index in [1.54, 1.807) is 36.4 Å². The molecule has 0 aromatic heterocycles. The van der Waals surface area contributed by atoms with Gasteiger partial charge in [-0.3, -0.25) is 4.90 Å². The van der Waals surface area contributed by atoms with Gasteiger partial charge in [0.2, 0.25) is 0 Å². The van der Waals surface area contributed by atoms with Crippen molar-refractivity contribution in [2.45, 2.75) is 48.0 Å². The molecule has 320 valence electrons. The minimum absolute atomic E-state index is 0. The quantitative estimate of drug-likeness (QED) is 0.0782. The number of piperazine rings is 1. The lowest BCUT2D eigenvalue weighted by atomic mass is 10.0. The number of anilines is 2. The summed E-state index contributed by atoms with van der Waals surface area (Å²) in [6.45, 7) is 8.79. The summed E-state index contributed by atoms with van der Waals surface area (Å²) in [5.74, 6) is -0.395. The van der Waals surface area contributed by atoms with E-state index >= 15 is 0 Å². The number of carbonyl (C=O) groups is 1. The number of rotatable bonds is 13. The van der Waals surface area contributed by atoms with Gasteiger partial charge in [-0.1, -0.05) is 60.3 Å². The van der Waals surface area contributed by atoms with Gasteiger partial charge in [0.15, 0.2) is 0 Å². The summed E-state index contributed by atoms with van der Waals surface area (Å²) in [6.07, 6.45) is -7.36. The SMILES string of the molecule is CC(Cc1cccc(C(F)(F)F)c1)NCCOC(=O)c1ccccc1.Cl.Cl.Cl.OCCN1CCN(CCCN2c3ccccc3Sc3ccc(C(F)(F)F)cc32)CC1. The summed E-state index contributed by atoms with van der Waals surface area (Å²) in [7, 11) is 0. The van der Waals surface area contributed by atoms with E-state index in [1.807, 2.05) is 42.2 Å². The molecule has 4 aromatic carbocycles. The third kappa shape index (κ3) is 15.1. The van der Waals surface area contributed by atoms with Gasteiger partial charge < -0.3 is 25.0 Å². The third-order valence-corrected chi connectivity index (χ3v) is 10.5.